The number of alkyl halides is 3. The van der Waals surface area contributed by atoms with Crippen LogP contribution in [0.15, 0.2) is 18.2 Å². The van der Waals surface area contributed by atoms with E-state index in [4.69, 9.17) is 9.84 Å². The SMILES string of the molecule is Cc1ccc(COC2CC3(C2)CN(C(=O)O)C3)cc1C(F)(F)F. The highest BCUT2D eigenvalue weighted by molar-refractivity contribution is 5.66. The van der Waals surface area contributed by atoms with Crippen molar-refractivity contribution in [3.05, 3.63) is 34.9 Å². The zero-order valence-corrected chi connectivity index (χ0v) is 12.7. The van der Waals surface area contributed by atoms with Crippen molar-refractivity contribution < 1.29 is 27.8 Å². The summed E-state index contributed by atoms with van der Waals surface area (Å²) >= 11 is 0. The summed E-state index contributed by atoms with van der Waals surface area (Å²) in [6.07, 6.45) is -3.71. The molecular formula is C16H18F3NO3. The number of hydrogen-bond donors (Lipinski definition) is 1. The van der Waals surface area contributed by atoms with Crippen molar-refractivity contribution in [2.24, 2.45) is 5.41 Å². The second-order valence-electron chi connectivity index (χ2n) is 6.63. The van der Waals surface area contributed by atoms with Crippen LogP contribution in [0.4, 0.5) is 18.0 Å². The van der Waals surface area contributed by atoms with Gasteiger partial charge in [0.2, 0.25) is 0 Å². The maximum Gasteiger partial charge on any atom is 0.416 e. The first kappa shape index (κ1) is 16.1. The first-order valence-electron chi connectivity index (χ1n) is 7.45. The number of carbonyl (C=O) groups is 1. The number of likely N-dealkylation sites (tertiary alicyclic amines) is 1. The number of halogens is 3. The Morgan fingerprint density at radius 2 is 2.04 bits per heavy atom. The molecular weight excluding hydrogens is 311 g/mol. The number of carboxylic acid groups (broad SMARTS) is 1. The van der Waals surface area contributed by atoms with E-state index < -0.39 is 17.8 Å². The lowest BCUT2D eigenvalue weighted by atomic mass is 9.62. The van der Waals surface area contributed by atoms with Crippen molar-refractivity contribution in [3.8, 4) is 0 Å². The molecule has 126 valence electrons. The molecule has 1 aromatic rings. The fourth-order valence-electron chi connectivity index (χ4n) is 3.46. The Hall–Kier alpha value is -1.76. The largest absolute Gasteiger partial charge is 0.465 e. The maximum absolute atomic E-state index is 12.9. The van der Waals surface area contributed by atoms with Crippen LogP contribution in [0.1, 0.15) is 29.5 Å². The van der Waals surface area contributed by atoms with Gasteiger partial charge in [-0.1, -0.05) is 12.1 Å². The van der Waals surface area contributed by atoms with E-state index in [2.05, 4.69) is 0 Å². The highest BCUT2D eigenvalue weighted by atomic mass is 19.4. The van der Waals surface area contributed by atoms with Gasteiger partial charge in [-0.15, -0.1) is 0 Å². The zero-order valence-electron chi connectivity index (χ0n) is 12.7. The average Bonchev–Trinajstić information content (AvgIpc) is 2.34. The molecule has 2 aliphatic rings. The van der Waals surface area contributed by atoms with Gasteiger partial charge >= 0.3 is 12.3 Å². The van der Waals surface area contributed by atoms with E-state index in [9.17, 15) is 18.0 Å². The van der Waals surface area contributed by atoms with E-state index in [-0.39, 0.29) is 23.7 Å². The third kappa shape index (κ3) is 3.15. The van der Waals surface area contributed by atoms with Gasteiger partial charge in [0, 0.05) is 18.5 Å². The molecule has 7 heteroatoms. The second kappa shape index (κ2) is 5.40. The summed E-state index contributed by atoms with van der Waals surface area (Å²) in [5.41, 5.74) is 0.115. The third-order valence-electron chi connectivity index (χ3n) is 4.74. The number of amides is 1. The number of hydrogen-bond acceptors (Lipinski definition) is 2. The van der Waals surface area contributed by atoms with Crippen molar-refractivity contribution >= 4 is 6.09 Å². The summed E-state index contributed by atoms with van der Waals surface area (Å²) in [5, 5.41) is 8.82. The van der Waals surface area contributed by atoms with Crippen molar-refractivity contribution in [3.63, 3.8) is 0 Å². The summed E-state index contributed by atoms with van der Waals surface area (Å²) in [6, 6.07) is 4.24. The first-order valence-corrected chi connectivity index (χ1v) is 7.45. The van der Waals surface area contributed by atoms with E-state index in [1.54, 1.807) is 6.07 Å². The van der Waals surface area contributed by atoms with Crippen LogP contribution in [0.2, 0.25) is 0 Å². The van der Waals surface area contributed by atoms with Crippen molar-refractivity contribution in [2.45, 2.75) is 38.7 Å². The Kier molecular flexibility index (Phi) is 3.78. The lowest BCUT2D eigenvalue weighted by molar-refractivity contribution is -0.146. The van der Waals surface area contributed by atoms with Crippen LogP contribution in [0.3, 0.4) is 0 Å². The van der Waals surface area contributed by atoms with E-state index in [0.717, 1.165) is 18.9 Å². The zero-order chi connectivity index (χ0) is 16.8. The molecule has 1 heterocycles. The number of nitrogens with zero attached hydrogens (tertiary/aromatic N) is 1. The molecule has 0 atom stereocenters. The van der Waals surface area contributed by atoms with Gasteiger partial charge in [-0.2, -0.15) is 13.2 Å². The number of benzene rings is 1. The molecule has 0 aromatic heterocycles. The van der Waals surface area contributed by atoms with Gasteiger partial charge in [0.25, 0.3) is 0 Å². The Labute approximate surface area is 131 Å². The summed E-state index contributed by atoms with van der Waals surface area (Å²) in [7, 11) is 0. The Bertz CT molecular complexity index is 615. The monoisotopic (exact) mass is 329 g/mol. The Balaban J connectivity index is 1.50. The van der Waals surface area contributed by atoms with Gasteiger partial charge in [-0.05, 0) is 37.0 Å². The van der Waals surface area contributed by atoms with E-state index in [0.29, 0.717) is 18.7 Å². The molecule has 1 saturated carbocycles. The second-order valence-corrected chi connectivity index (χ2v) is 6.63. The molecule has 2 fully saturated rings. The van der Waals surface area contributed by atoms with Gasteiger partial charge < -0.3 is 14.7 Å². The van der Waals surface area contributed by atoms with E-state index in [1.807, 2.05) is 0 Å². The molecule has 0 bridgehead atoms. The van der Waals surface area contributed by atoms with Crippen LogP contribution >= 0.6 is 0 Å². The molecule has 1 aromatic carbocycles. The molecule has 1 N–H and O–H groups in total. The third-order valence-corrected chi connectivity index (χ3v) is 4.74. The molecule has 1 aliphatic heterocycles. The van der Waals surface area contributed by atoms with Crippen LogP contribution in [0.25, 0.3) is 0 Å². The molecule has 1 saturated heterocycles. The summed E-state index contributed by atoms with van der Waals surface area (Å²) in [6.45, 7) is 2.65. The molecule has 1 amide bonds. The van der Waals surface area contributed by atoms with E-state index >= 15 is 0 Å². The normalized spacial score (nSPS) is 20.3. The van der Waals surface area contributed by atoms with E-state index in [1.165, 1.54) is 17.9 Å². The van der Waals surface area contributed by atoms with Crippen molar-refractivity contribution in [1.29, 1.82) is 0 Å². The minimum Gasteiger partial charge on any atom is -0.465 e. The lowest BCUT2D eigenvalue weighted by Gasteiger charge is -2.57. The highest BCUT2D eigenvalue weighted by Crippen LogP contribution is 2.49. The molecule has 4 nitrogen and oxygen atoms in total. The van der Waals surface area contributed by atoms with Crippen molar-refractivity contribution in [2.75, 3.05) is 13.1 Å². The standard InChI is InChI=1S/C16H18F3NO3/c1-10-2-3-11(4-13(10)16(17,18)19)7-23-12-5-15(6-12)8-20(9-15)14(21)22/h2-4,12H,5-9H2,1H3,(H,21,22). The van der Waals surface area contributed by atoms with Gasteiger partial charge in [-0.25, -0.2) is 4.79 Å². The summed E-state index contributed by atoms with van der Waals surface area (Å²) < 4.78 is 44.3. The summed E-state index contributed by atoms with van der Waals surface area (Å²) in [4.78, 5) is 12.1. The molecule has 0 radical (unpaired) electrons. The Morgan fingerprint density at radius 1 is 1.39 bits per heavy atom. The number of ether oxygens (including phenoxy) is 1. The van der Waals surface area contributed by atoms with Crippen LogP contribution < -0.4 is 0 Å². The smallest absolute Gasteiger partial charge is 0.416 e. The summed E-state index contributed by atoms with van der Waals surface area (Å²) in [5.74, 6) is 0. The van der Waals surface area contributed by atoms with Gasteiger partial charge in [0.15, 0.2) is 0 Å². The lowest BCUT2D eigenvalue weighted by Crippen LogP contribution is -2.65. The van der Waals surface area contributed by atoms with Gasteiger partial charge in [0.1, 0.15) is 0 Å². The fraction of sp³-hybridized carbons (Fsp3) is 0.562. The predicted molar refractivity (Wildman–Crippen MR) is 76.0 cm³/mol. The van der Waals surface area contributed by atoms with Crippen LogP contribution in [-0.4, -0.2) is 35.3 Å². The highest BCUT2D eigenvalue weighted by Gasteiger charge is 2.54. The topological polar surface area (TPSA) is 49.8 Å². The average molecular weight is 329 g/mol. The molecule has 3 rings (SSSR count). The molecule has 23 heavy (non-hydrogen) atoms. The Morgan fingerprint density at radius 3 is 2.61 bits per heavy atom. The number of rotatable bonds is 3. The van der Waals surface area contributed by atoms with Crippen LogP contribution in [0, 0.1) is 12.3 Å². The molecule has 1 spiro atoms. The van der Waals surface area contributed by atoms with Gasteiger partial charge in [-0.3, -0.25) is 0 Å². The first-order chi connectivity index (χ1) is 10.7. The quantitative estimate of drug-likeness (QED) is 0.920. The minimum atomic E-state index is -4.35. The van der Waals surface area contributed by atoms with Gasteiger partial charge in [0.05, 0.1) is 18.3 Å². The minimum absolute atomic E-state index is 0.00147. The predicted octanol–water partition coefficient (Wildman–Crippen LogP) is 3.67. The molecule has 0 unspecified atom stereocenters. The van der Waals surface area contributed by atoms with Crippen molar-refractivity contribution in [1.82, 2.24) is 4.90 Å². The molecule has 1 aliphatic carbocycles. The fourth-order valence-corrected chi connectivity index (χ4v) is 3.46. The maximum atomic E-state index is 12.9. The van der Waals surface area contributed by atoms with Crippen LogP contribution in [-0.2, 0) is 17.5 Å². The number of aryl methyl sites for hydroxylation is 1. The van der Waals surface area contributed by atoms with Crippen LogP contribution in [0.5, 0.6) is 0 Å².